The Bertz CT molecular complexity index is 698. The molecule has 0 radical (unpaired) electrons. The number of unbranched alkanes of at least 4 members (excludes halogenated alkanes) is 3. The third-order valence-corrected chi connectivity index (χ3v) is 8.23. The van der Waals surface area contributed by atoms with Crippen LogP contribution < -0.4 is 0 Å². The standard InChI is InChI=1S/C29H50F2O7/c1-5-20(2)19-29(30,31)26(33)16-15-23-22(12-8-6-7-9-13-27(34)35-4)24(37-21(3)32)18-25(23)38-28-14-10-11-17-36-28/h20,22-26,28,33H,5-19H2,1-4H3/t20-,22+,23+,24-,25+,26?,28?/m0/s1. The zero-order valence-electron chi connectivity index (χ0n) is 23.8. The van der Waals surface area contributed by atoms with Crippen molar-refractivity contribution in [1.29, 1.82) is 0 Å². The second-order valence-electron chi connectivity index (χ2n) is 11.3. The lowest BCUT2D eigenvalue weighted by Gasteiger charge is -2.32. The fourth-order valence-corrected chi connectivity index (χ4v) is 5.86. The topological polar surface area (TPSA) is 91.3 Å². The second-order valence-corrected chi connectivity index (χ2v) is 11.3. The lowest BCUT2D eigenvalue weighted by Crippen LogP contribution is -2.37. The summed E-state index contributed by atoms with van der Waals surface area (Å²) in [5.41, 5.74) is 0. The molecule has 1 N–H and O–H groups in total. The van der Waals surface area contributed by atoms with Crippen LogP contribution in [0.1, 0.15) is 111 Å². The summed E-state index contributed by atoms with van der Waals surface area (Å²) in [6.45, 7) is 5.66. The van der Waals surface area contributed by atoms with Crippen molar-refractivity contribution < 1.29 is 42.4 Å². The van der Waals surface area contributed by atoms with Gasteiger partial charge in [-0.2, -0.15) is 0 Å². The number of aliphatic hydroxyl groups is 1. The van der Waals surface area contributed by atoms with Gasteiger partial charge in [0.1, 0.15) is 12.2 Å². The molecule has 0 spiro atoms. The second kappa shape index (κ2) is 16.7. The van der Waals surface area contributed by atoms with E-state index >= 15 is 0 Å². The molecule has 1 aliphatic heterocycles. The highest BCUT2D eigenvalue weighted by Crippen LogP contribution is 2.44. The van der Waals surface area contributed by atoms with Gasteiger partial charge in [-0.15, -0.1) is 0 Å². The van der Waals surface area contributed by atoms with Gasteiger partial charge in [0.25, 0.3) is 5.92 Å². The number of alkyl halides is 2. The summed E-state index contributed by atoms with van der Waals surface area (Å²) >= 11 is 0. The van der Waals surface area contributed by atoms with Crippen LogP contribution in [-0.2, 0) is 28.5 Å². The predicted molar refractivity (Wildman–Crippen MR) is 140 cm³/mol. The smallest absolute Gasteiger partial charge is 0.305 e. The molecule has 0 aromatic rings. The van der Waals surface area contributed by atoms with Crippen LogP contribution in [0.5, 0.6) is 0 Å². The average molecular weight is 549 g/mol. The zero-order chi connectivity index (χ0) is 28.1. The van der Waals surface area contributed by atoms with Gasteiger partial charge < -0.3 is 24.1 Å². The Balaban J connectivity index is 2.08. The molecule has 1 saturated heterocycles. The van der Waals surface area contributed by atoms with Crippen molar-refractivity contribution in [2.24, 2.45) is 17.8 Å². The molecule has 2 fully saturated rings. The molecule has 222 valence electrons. The zero-order valence-corrected chi connectivity index (χ0v) is 23.8. The van der Waals surface area contributed by atoms with E-state index in [0.717, 1.165) is 51.4 Å². The number of hydrogen-bond acceptors (Lipinski definition) is 7. The van der Waals surface area contributed by atoms with Gasteiger partial charge in [-0.25, -0.2) is 8.78 Å². The quantitative estimate of drug-likeness (QED) is 0.171. The molecule has 0 aromatic carbocycles. The van der Waals surface area contributed by atoms with E-state index in [1.807, 2.05) is 6.92 Å². The first-order valence-electron chi connectivity index (χ1n) is 14.6. The van der Waals surface area contributed by atoms with E-state index in [2.05, 4.69) is 4.74 Å². The number of hydrogen-bond donors (Lipinski definition) is 1. The minimum Gasteiger partial charge on any atom is -0.469 e. The van der Waals surface area contributed by atoms with Crippen LogP contribution in [0.25, 0.3) is 0 Å². The largest absolute Gasteiger partial charge is 0.469 e. The van der Waals surface area contributed by atoms with E-state index in [0.29, 0.717) is 32.3 Å². The van der Waals surface area contributed by atoms with Crippen molar-refractivity contribution in [1.82, 2.24) is 0 Å². The number of esters is 2. The molecule has 1 heterocycles. The summed E-state index contributed by atoms with van der Waals surface area (Å²) < 4.78 is 52.0. The van der Waals surface area contributed by atoms with Crippen molar-refractivity contribution in [3.63, 3.8) is 0 Å². The first-order chi connectivity index (χ1) is 18.1. The van der Waals surface area contributed by atoms with Gasteiger partial charge in [-0.3, -0.25) is 9.59 Å². The number of halogens is 2. The van der Waals surface area contributed by atoms with E-state index in [1.54, 1.807) is 6.92 Å². The van der Waals surface area contributed by atoms with Crippen LogP contribution in [0.4, 0.5) is 8.78 Å². The summed E-state index contributed by atoms with van der Waals surface area (Å²) in [5.74, 6) is -4.10. The summed E-state index contributed by atoms with van der Waals surface area (Å²) in [5, 5.41) is 10.5. The molecule has 0 amide bonds. The Morgan fingerprint density at radius 2 is 1.79 bits per heavy atom. The number of methoxy groups -OCH3 is 1. The first-order valence-corrected chi connectivity index (χ1v) is 14.6. The summed E-state index contributed by atoms with van der Waals surface area (Å²) in [7, 11) is 1.38. The molecule has 7 nitrogen and oxygen atoms in total. The van der Waals surface area contributed by atoms with Crippen molar-refractivity contribution in [2.75, 3.05) is 13.7 Å². The fourth-order valence-electron chi connectivity index (χ4n) is 5.86. The molecule has 0 bridgehead atoms. The molecule has 0 aromatic heterocycles. The Hall–Kier alpha value is -1.32. The monoisotopic (exact) mass is 548 g/mol. The van der Waals surface area contributed by atoms with Gasteiger partial charge in [0.2, 0.25) is 0 Å². The maximum absolute atomic E-state index is 14.7. The SMILES string of the molecule is CC[C@H](C)CC(F)(F)C(O)CC[C@@H]1[C@@H](CCCCCCC(=O)OC)[C@@H](OC(C)=O)C[C@H]1OC1CCCCO1. The molecule has 1 aliphatic carbocycles. The van der Waals surface area contributed by atoms with Gasteiger partial charge in [0.15, 0.2) is 6.29 Å². The molecule has 9 heteroatoms. The molecule has 38 heavy (non-hydrogen) atoms. The maximum atomic E-state index is 14.7. The van der Waals surface area contributed by atoms with Gasteiger partial charge in [0, 0.05) is 38.7 Å². The normalized spacial score (nSPS) is 27.6. The van der Waals surface area contributed by atoms with Crippen LogP contribution in [0, 0.1) is 17.8 Å². The highest BCUT2D eigenvalue weighted by Gasteiger charge is 2.47. The number of carbonyl (C=O) groups is 2. The predicted octanol–water partition coefficient (Wildman–Crippen LogP) is 6.19. The van der Waals surface area contributed by atoms with Crippen LogP contribution in [-0.4, -0.2) is 61.3 Å². The van der Waals surface area contributed by atoms with Crippen molar-refractivity contribution in [2.45, 2.75) is 141 Å². The van der Waals surface area contributed by atoms with E-state index in [4.69, 9.17) is 14.2 Å². The first kappa shape index (κ1) is 32.9. The Morgan fingerprint density at radius 1 is 1.08 bits per heavy atom. The van der Waals surface area contributed by atoms with E-state index < -0.39 is 12.0 Å². The lowest BCUT2D eigenvalue weighted by molar-refractivity contribution is -0.197. The molecular formula is C29H50F2O7. The maximum Gasteiger partial charge on any atom is 0.305 e. The average Bonchev–Trinajstić information content (AvgIpc) is 3.18. The molecule has 2 unspecified atom stereocenters. The number of ether oxygens (including phenoxy) is 4. The van der Waals surface area contributed by atoms with Crippen LogP contribution in [0.3, 0.4) is 0 Å². The fraction of sp³-hybridized carbons (Fsp3) is 0.931. The van der Waals surface area contributed by atoms with Crippen LogP contribution >= 0.6 is 0 Å². The molecule has 2 aliphatic rings. The summed E-state index contributed by atoms with van der Waals surface area (Å²) in [6, 6.07) is 0. The summed E-state index contributed by atoms with van der Waals surface area (Å²) in [4.78, 5) is 23.3. The third kappa shape index (κ3) is 11.0. The van der Waals surface area contributed by atoms with Crippen molar-refractivity contribution in [3.05, 3.63) is 0 Å². The van der Waals surface area contributed by atoms with Gasteiger partial charge >= 0.3 is 11.9 Å². The summed E-state index contributed by atoms with van der Waals surface area (Å²) in [6.07, 6.45) is 5.69. The Labute approximate surface area is 227 Å². The van der Waals surface area contributed by atoms with Gasteiger partial charge in [-0.1, -0.05) is 39.5 Å². The van der Waals surface area contributed by atoms with Crippen LogP contribution in [0.2, 0.25) is 0 Å². The van der Waals surface area contributed by atoms with E-state index in [-0.39, 0.29) is 61.0 Å². The number of rotatable bonds is 17. The van der Waals surface area contributed by atoms with E-state index in [1.165, 1.54) is 14.0 Å². The minimum atomic E-state index is -3.15. The third-order valence-electron chi connectivity index (χ3n) is 8.23. The van der Waals surface area contributed by atoms with Crippen LogP contribution in [0.15, 0.2) is 0 Å². The highest BCUT2D eigenvalue weighted by molar-refractivity contribution is 5.69. The van der Waals surface area contributed by atoms with Crippen molar-refractivity contribution >= 4 is 11.9 Å². The molecule has 1 saturated carbocycles. The van der Waals surface area contributed by atoms with Crippen molar-refractivity contribution in [3.8, 4) is 0 Å². The minimum absolute atomic E-state index is 0.0398. The number of aliphatic hydroxyl groups excluding tert-OH is 1. The Morgan fingerprint density at radius 3 is 2.42 bits per heavy atom. The molecule has 7 atom stereocenters. The van der Waals surface area contributed by atoms with Gasteiger partial charge in [0.05, 0.1) is 13.2 Å². The Kier molecular flexibility index (Phi) is 14.5. The van der Waals surface area contributed by atoms with Gasteiger partial charge in [-0.05, 0) is 56.8 Å². The lowest BCUT2D eigenvalue weighted by atomic mass is 9.83. The molecule has 2 rings (SSSR count). The van der Waals surface area contributed by atoms with E-state index in [9.17, 15) is 23.5 Å². The highest BCUT2D eigenvalue weighted by atomic mass is 19.3. The number of carbonyl (C=O) groups excluding carboxylic acids is 2. The molecular weight excluding hydrogens is 498 g/mol.